The monoisotopic (exact) mass is 284 g/mol. The molecule has 2 N–H and O–H groups in total. The summed E-state index contributed by atoms with van der Waals surface area (Å²) in [6.07, 6.45) is 4.43. The topological polar surface area (TPSA) is 62.0 Å². The van der Waals surface area contributed by atoms with Gasteiger partial charge < -0.3 is 10.3 Å². The van der Waals surface area contributed by atoms with Crippen LogP contribution in [-0.4, -0.2) is 16.9 Å². The lowest BCUT2D eigenvalue weighted by molar-refractivity contribution is 0.0916. The number of aromatic amines is 1. The maximum Gasteiger partial charge on any atom is 0.268 e. The average Bonchev–Trinajstić information content (AvgIpc) is 2.47. The van der Waals surface area contributed by atoms with E-state index in [4.69, 9.17) is 0 Å². The van der Waals surface area contributed by atoms with Gasteiger partial charge in [-0.25, -0.2) is 0 Å². The zero-order chi connectivity index (χ0) is 14.8. The van der Waals surface area contributed by atoms with Crippen molar-refractivity contribution < 1.29 is 4.79 Å². The predicted molar refractivity (Wildman–Crippen MR) is 83.5 cm³/mol. The number of benzene rings is 1. The molecule has 2 aromatic rings. The molecule has 0 saturated heterocycles. The molecule has 1 aliphatic carbocycles. The van der Waals surface area contributed by atoms with E-state index in [2.05, 4.69) is 17.2 Å². The van der Waals surface area contributed by atoms with Gasteiger partial charge in [-0.05, 0) is 36.3 Å². The molecule has 1 aliphatic rings. The Balaban J connectivity index is 1.83. The zero-order valence-corrected chi connectivity index (χ0v) is 12.2. The maximum absolute atomic E-state index is 12.3. The highest BCUT2D eigenvalue weighted by molar-refractivity contribution is 5.96. The van der Waals surface area contributed by atoms with E-state index in [9.17, 15) is 9.59 Å². The van der Waals surface area contributed by atoms with Crippen LogP contribution in [-0.2, 0) is 0 Å². The van der Waals surface area contributed by atoms with Crippen molar-refractivity contribution in [1.82, 2.24) is 10.3 Å². The van der Waals surface area contributed by atoms with E-state index in [0.717, 1.165) is 24.6 Å². The van der Waals surface area contributed by atoms with Crippen LogP contribution in [0.1, 0.15) is 43.1 Å². The van der Waals surface area contributed by atoms with Crippen molar-refractivity contribution in [2.75, 3.05) is 0 Å². The Morgan fingerprint density at radius 3 is 2.90 bits per heavy atom. The highest BCUT2D eigenvalue weighted by Gasteiger charge is 2.21. The molecule has 1 saturated carbocycles. The minimum Gasteiger partial charge on any atom is -0.348 e. The van der Waals surface area contributed by atoms with Crippen molar-refractivity contribution in [1.29, 1.82) is 0 Å². The Bertz CT molecular complexity index is 720. The first kappa shape index (κ1) is 13.9. The van der Waals surface area contributed by atoms with Crippen LogP contribution in [0, 0.1) is 5.92 Å². The number of hydrogen-bond acceptors (Lipinski definition) is 2. The SMILES string of the molecule is CC1CCCC(NC(=O)c2cc3ccccc3c(=O)[nH]2)C1. The number of carbonyl (C=O) groups is 1. The Labute approximate surface area is 123 Å². The van der Waals surface area contributed by atoms with Gasteiger partial charge in [0.1, 0.15) is 5.69 Å². The Morgan fingerprint density at radius 1 is 1.29 bits per heavy atom. The summed E-state index contributed by atoms with van der Waals surface area (Å²) in [6, 6.07) is 9.27. The first-order valence-corrected chi connectivity index (χ1v) is 7.56. The van der Waals surface area contributed by atoms with Crippen molar-refractivity contribution in [3.8, 4) is 0 Å². The number of rotatable bonds is 2. The molecule has 4 nitrogen and oxygen atoms in total. The van der Waals surface area contributed by atoms with Crippen LogP contribution in [0.5, 0.6) is 0 Å². The van der Waals surface area contributed by atoms with Crippen LogP contribution in [0.25, 0.3) is 10.8 Å². The third-order valence-electron chi connectivity index (χ3n) is 4.27. The highest BCUT2D eigenvalue weighted by atomic mass is 16.2. The first-order chi connectivity index (χ1) is 10.1. The molecule has 21 heavy (non-hydrogen) atoms. The van der Waals surface area contributed by atoms with Gasteiger partial charge in [0.05, 0.1) is 0 Å². The molecule has 2 atom stereocenters. The van der Waals surface area contributed by atoms with E-state index in [-0.39, 0.29) is 17.5 Å². The summed E-state index contributed by atoms with van der Waals surface area (Å²) in [4.78, 5) is 27.0. The molecule has 1 fully saturated rings. The zero-order valence-electron chi connectivity index (χ0n) is 12.2. The van der Waals surface area contributed by atoms with Crippen molar-refractivity contribution in [2.45, 2.75) is 38.6 Å². The van der Waals surface area contributed by atoms with Crippen molar-refractivity contribution in [3.05, 3.63) is 46.4 Å². The number of carbonyl (C=O) groups excluding carboxylic acids is 1. The van der Waals surface area contributed by atoms with E-state index in [1.807, 2.05) is 18.2 Å². The van der Waals surface area contributed by atoms with Crippen molar-refractivity contribution in [2.24, 2.45) is 5.92 Å². The van der Waals surface area contributed by atoms with Crippen LogP contribution in [0.4, 0.5) is 0 Å². The maximum atomic E-state index is 12.3. The average molecular weight is 284 g/mol. The summed E-state index contributed by atoms with van der Waals surface area (Å²) in [7, 11) is 0. The molecular formula is C17H20N2O2. The summed E-state index contributed by atoms with van der Waals surface area (Å²) in [5, 5.41) is 4.45. The molecule has 1 amide bonds. The molecule has 0 spiro atoms. The van der Waals surface area contributed by atoms with Gasteiger partial charge in [0.25, 0.3) is 11.5 Å². The number of pyridine rings is 1. The first-order valence-electron chi connectivity index (χ1n) is 7.56. The van der Waals surface area contributed by atoms with Crippen LogP contribution < -0.4 is 10.9 Å². The number of nitrogens with one attached hydrogen (secondary N) is 2. The van der Waals surface area contributed by atoms with E-state index >= 15 is 0 Å². The van der Waals surface area contributed by atoms with Gasteiger partial charge in [0.2, 0.25) is 0 Å². The van der Waals surface area contributed by atoms with Gasteiger partial charge in [0, 0.05) is 11.4 Å². The molecule has 110 valence electrons. The molecule has 0 radical (unpaired) electrons. The molecule has 0 aliphatic heterocycles. The number of fused-ring (bicyclic) bond motifs is 1. The molecule has 3 rings (SSSR count). The fraction of sp³-hybridized carbons (Fsp3) is 0.412. The van der Waals surface area contributed by atoms with E-state index < -0.39 is 0 Å². The van der Waals surface area contributed by atoms with E-state index in [1.54, 1.807) is 12.1 Å². The Hall–Kier alpha value is -2.10. The summed E-state index contributed by atoms with van der Waals surface area (Å²) in [6.45, 7) is 2.22. The second kappa shape index (κ2) is 5.72. The Kier molecular flexibility index (Phi) is 3.78. The lowest BCUT2D eigenvalue weighted by Gasteiger charge is -2.27. The molecule has 1 heterocycles. The number of hydrogen-bond donors (Lipinski definition) is 2. The van der Waals surface area contributed by atoms with Crippen LogP contribution in [0.2, 0.25) is 0 Å². The van der Waals surface area contributed by atoms with Gasteiger partial charge in [0.15, 0.2) is 0 Å². The summed E-state index contributed by atoms with van der Waals surface area (Å²) >= 11 is 0. The second-order valence-electron chi connectivity index (χ2n) is 6.04. The molecule has 1 aromatic heterocycles. The Morgan fingerprint density at radius 2 is 2.10 bits per heavy atom. The summed E-state index contributed by atoms with van der Waals surface area (Å²) in [5.74, 6) is 0.469. The standard InChI is InChI=1S/C17H20N2O2/c1-11-5-4-7-13(9-11)18-17(21)15-10-12-6-2-3-8-14(12)16(20)19-15/h2-3,6,8,10-11,13H,4-5,7,9H2,1H3,(H,18,21)(H,19,20). The van der Waals surface area contributed by atoms with Gasteiger partial charge in [-0.1, -0.05) is 38.0 Å². The van der Waals surface area contributed by atoms with Crippen molar-refractivity contribution in [3.63, 3.8) is 0 Å². The second-order valence-corrected chi connectivity index (χ2v) is 6.04. The third-order valence-corrected chi connectivity index (χ3v) is 4.27. The summed E-state index contributed by atoms with van der Waals surface area (Å²) < 4.78 is 0. The fourth-order valence-corrected chi connectivity index (χ4v) is 3.16. The molecule has 0 bridgehead atoms. The quantitative estimate of drug-likeness (QED) is 0.890. The number of H-pyrrole nitrogens is 1. The molecule has 4 heteroatoms. The molecule has 1 aromatic carbocycles. The summed E-state index contributed by atoms with van der Waals surface area (Å²) in [5.41, 5.74) is 0.132. The number of amides is 1. The lowest BCUT2D eigenvalue weighted by atomic mass is 9.87. The predicted octanol–water partition coefficient (Wildman–Crippen LogP) is 2.84. The van der Waals surface area contributed by atoms with E-state index in [0.29, 0.717) is 17.0 Å². The van der Waals surface area contributed by atoms with Gasteiger partial charge >= 0.3 is 0 Å². The minimum absolute atomic E-state index is 0.183. The third kappa shape index (κ3) is 2.99. The van der Waals surface area contributed by atoms with E-state index in [1.165, 1.54) is 6.42 Å². The van der Waals surface area contributed by atoms with Gasteiger partial charge in [-0.2, -0.15) is 0 Å². The largest absolute Gasteiger partial charge is 0.348 e. The number of aromatic nitrogens is 1. The fourth-order valence-electron chi connectivity index (χ4n) is 3.16. The van der Waals surface area contributed by atoms with Gasteiger partial charge in [-0.3, -0.25) is 9.59 Å². The van der Waals surface area contributed by atoms with Gasteiger partial charge in [-0.15, -0.1) is 0 Å². The van der Waals surface area contributed by atoms with Crippen molar-refractivity contribution >= 4 is 16.7 Å². The molecule has 2 unspecified atom stereocenters. The van der Waals surface area contributed by atoms with Crippen LogP contribution >= 0.6 is 0 Å². The van der Waals surface area contributed by atoms with Crippen LogP contribution in [0.3, 0.4) is 0 Å². The minimum atomic E-state index is -0.213. The normalized spacial score (nSPS) is 22.1. The molecular weight excluding hydrogens is 264 g/mol. The highest BCUT2D eigenvalue weighted by Crippen LogP contribution is 2.23. The van der Waals surface area contributed by atoms with Crippen LogP contribution in [0.15, 0.2) is 35.1 Å². The lowest BCUT2D eigenvalue weighted by Crippen LogP contribution is -2.38. The smallest absolute Gasteiger partial charge is 0.268 e.